The van der Waals surface area contributed by atoms with Gasteiger partial charge in [-0.15, -0.1) is 0 Å². The monoisotopic (exact) mass is 271 g/mol. The molecule has 1 rings (SSSR count). The maximum Gasteiger partial charge on any atom is 0.137 e. The Morgan fingerprint density at radius 3 is 2.67 bits per heavy atom. The van der Waals surface area contributed by atoms with E-state index < -0.39 is 0 Å². The highest BCUT2D eigenvalue weighted by Crippen LogP contribution is 2.27. The van der Waals surface area contributed by atoms with Crippen LogP contribution in [0.3, 0.4) is 0 Å². The second-order valence-corrected chi connectivity index (χ2v) is 4.45. The normalized spacial score (nSPS) is 12.3. The fourth-order valence-electron chi connectivity index (χ4n) is 1.42. The summed E-state index contributed by atoms with van der Waals surface area (Å²) in [6.07, 6.45) is 2.07. The Bertz CT molecular complexity index is 370. The van der Waals surface area contributed by atoms with Crippen LogP contribution in [0.1, 0.15) is 25.5 Å². The molecule has 0 amide bonds. The predicted octanol–water partition coefficient (Wildman–Crippen LogP) is 3.81. The highest BCUT2D eigenvalue weighted by molar-refractivity contribution is 9.10. The lowest BCUT2D eigenvalue weighted by Crippen LogP contribution is -2.15. The van der Waals surface area contributed by atoms with Crippen molar-refractivity contribution in [1.82, 2.24) is 5.32 Å². The lowest BCUT2D eigenvalue weighted by molar-refractivity contribution is 0.610. The van der Waals surface area contributed by atoms with Crippen molar-refractivity contribution < 1.29 is 4.39 Å². The first-order valence-electron chi connectivity index (χ1n) is 4.82. The minimum absolute atomic E-state index is 0.0417. The summed E-state index contributed by atoms with van der Waals surface area (Å²) in [4.78, 5) is 0. The molecule has 1 nitrogen and oxygen atoms in total. The van der Waals surface area contributed by atoms with Gasteiger partial charge in [-0.1, -0.05) is 23.8 Å². The Balaban J connectivity index is 3.13. The molecule has 1 N–H and O–H groups in total. The summed E-state index contributed by atoms with van der Waals surface area (Å²) in [6.45, 7) is 4.05. The predicted molar refractivity (Wildman–Crippen MR) is 65.3 cm³/mol. The lowest BCUT2D eigenvalue weighted by atomic mass is 10.0. The Morgan fingerprint density at radius 2 is 2.13 bits per heavy atom. The topological polar surface area (TPSA) is 12.0 Å². The molecule has 0 bridgehead atoms. The largest absolute Gasteiger partial charge is 0.310 e. The van der Waals surface area contributed by atoms with E-state index in [-0.39, 0.29) is 11.9 Å². The smallest absolute Gasteiger partial charge is 0.137 e. The van der Waals surface area contributed by atoms with Gasteiger partial charge in [0.1, 0.15) is 5.82 Å². The molecule has 3 heteroatoms. The molecule has 1 unspecified atom stereocenters. The molecule has 0 saturated heterocycles. The van der Waals surface area contributed by atoms with Gasteiger partial charge in [0.2, 0.25) is 0 Å². The van der Waals surface area contributed by atoms with Gasteiger partial charge >= 0.3 is 0 Å². The first-order chi connectivity index (χ1) is 7.06. The molecular formula is C12H15BrFN. The lowest BCUT2D eigenvalue weighted by Gasteiger charge is -2.15. The van der Waals surface area contributed by atoms with Crippen LogP contribution in [0, 0.1) is 5.82 Å². The van der Waals surface area contributed by atoms with Crippen molar-refractivity contribution in [1.29, 1.82) is 0 Å². The van der Waals surface area contributed by atoms with Crippen molar-refractivity contribution in [3.05, 3.63) is 45.7 Å². The van der Waals surface area contributed by atoms with Crippen LogP contribution in [0.4, 0.5) is 4.39 Å². The van der Waals surface area contributed by atoms with Crippen molar-refractivity contribution in [2.45, 2.75) is 19.9 Å². The summed E-state index contributed by atoms with van der Waals surface area (Å²) in [7, 11) is 1.86. The summed E-state index contributed by atoms with van der Waals surface area (Å²) in [6, 6.07) is 5.12. The molecule has 0 aromatic heterocycles. The quantitative estimate of drug-likeness (QED) is 0.825. The van der Waals surface area contributed by atoms with Crippen LogP contribution in [0.5, 0.6) is 0 Å². The number of benzene rings is 1. The third kappa shape index (κ3) is 3.14. The van der Waals surface area contributed by atoms with E-state index in [4.69, 9.17) is 0 Å². The van der Waals surface area contributed by atoms with Crippen LogP contribution >= 0.6 is 15.9 Å². The van der Waals surface area contributed by atoms with E-state index in [2.05, 4.69) is 27.3 Å². The maximum absolute atomic E-state index is 13.3. The Kier molecular flexibility index (Phi) is 4.48. The van der Waals surface area contributed by atoms with E-state index in [0.717, 1.165) is 5.56 Å². The summed E-state index contributed by atoms with van der Waals surface area (Å²) < 4.78 is 13.8. The van der Waals surface area contributed by atoms with E-state index in [1.807, 2.05) is 27.0 Å². The molecule has 0 aliphatic rings. The fraction of sp³-hybridized carbons (Fsp3) is 0.333. The van der Waals surface area contributed by atoms with E-state index in [9.17, 15) is 4.39 Å². The van der Waals surface area contributed by atoms with Gasteiger partial charge in [-0.2, -0.15) is 0 Å². The molecule has 0 fully saturated rings. The van der Waals surface area contributed by atoms with Crippen LogP contribution in [-0.4, -0.2) is 7.05 Å². The fourth-order valence-corrected chi connectivity index (χ4v) is 1.93. The van der Waals surface area contributed by atoms with Crippen molar-refractivity contribution in [3.63, 3.8) is 0 Å². The molecule has 1 aromatic rings. The zero-order valence-electron chi connectivity index (χ0n) is 9.14. The number of hydrogen-bond donors (Lipinski definition) is 1. The molecule has 0 saturated carbocycles. The molecule has 0 aliphatic carbocycles. The van der Waals surface area contributed by atoms with Crippen molar-refractivity contribution in [2.24, 2.45) is 0 Å². The van der Waals surface area contributed by atoms with E-state index >= 15 is 0 Å². The minimum Gasteiger partial charge on any atom is -0.310 e. The van der Waals surface area contributed by atoms with Crippen LogP contribution in [0.15, 0.2) is 34.3 Å². The first kappa shape index (κ1) is 12.4. The molecule has 1 atom stereocenters. The van der Waals surface area contributed by atoms with Crippen LogP contribution in [-0.2, 0) is 0 Å². The van der Waals surface area contributed by atoms with Gasteiger partial charge in [0, 0.05) is 0 Å². The molecule has 0 heterocycles. The zero-order valence-corrected chi connectivity index (χ0v) is 10.7. The molecule has 0 radical (unpaired) electrons. The van der Waals surface area contributed by atoms with E-state index in [1.54, 1.807) is 6.07 Å². The number of nitrogens with one attached hydrogen (secondary N) is 1. The summed E-state index contributed by atoms with van der Waals surface area (Å²) in [5.74, 6) is -0.227. The van der Waals surface area contributed by atoms with Crippen LogP contribution < -0.4 is 5.32 Å². The molecule has 0 aliphatic heterocycles. The number of allylic oxidation sites excluding steroid dienone is 1. The Labute approximate surface area is 98.5 Å². The van der Waals surface area contributed by atoms with Crippen molar-refractivity contribution >= 4 is 15.9 Å². The second kappa shape index (κ2) is 5.42. The molecule has 0 spiro atoms. The average Bonchev–Trinajstić information content (AvgIpc) is 2.19. The van der Waals surface area contributed by atoms with Gasteiger partial charge < -0.3 is 5.32 Å². The van der Waals surface area contributed by atoms with E-state index in [0.29, 0.717) is 4.47 Å². The molecular weight excluding hydrogens is 257 g/mol. The van der Waals surface area contributed by atoms with Crippen molar-refractivity contribution in [2.75, 3.05) is 7.05 Å². The van der Waals surface area contributed by atoms with Crippen molar-refractivity contribution in [3.8, 4) is 0 Å². The third-order valence-electron chi connectivity index (χ3n) is 2.13. The molecule has 82 valence electrons. The highest BCUT2D eigenvalue weighted by Gasteiger charge is 2.12. The van der Waals surface area contributed by atoms with Gasteiger partial charge in [0.05, 0.1) is 10.5 Å². The minimum atomic E-state index is -0.227. The van der Waals surface area contributed by atoms with Gasteiger partial charge in [-0.25, -0.2) is 4.39 Å². The highest BCUT2D eigenvalue weighted by atomic mass is 79.9. The van der Waals surface area contributed by atoms with Gasteiger partial charge in [-0.3, -0.25) is 0 Å². The Morgan fingerprint density at radius 1 is 1.47 bits per heavy atom. The Hall–Kier alpha value is -0.670. The molecule has 15 heavy (non-hydrogen) atoms. The molecule has 1 aromatic carbocycles. The summed E-state index contributed by atoms with van der Waals surface area (Å²) in [5, 5.41) is 3.14. The summed E-state index contributed by atoms with van der Waals surface area (Å²) in [5.41, 5.74) is 2.12. The number of likely N-dealkylation sites (N-methyl/N-ethyl adjacent to an activating group) is 1. The van der Waals surface area contributed by atoms with Gasteiger partial charge in [0.15, 0.2) is 0 Å². The first-order valence-corrected chi connectivity index (χ1v) is 5.61. The summed E-state index contributed by atoms with van der Waals surface area (Å²) >= 11 is 3.27. The van der Waals surface area contributed by atoms with Gasteiger partial charge in [0.25, 0.3) is 0 Å². The third-order valence-corrected chi connectivity index (χ3v) is 2.96. The SMILES string of the molecule is CNC(C=C(C)C)c1cccc(F)c1Br. The van der Waals surface area contributed by atoms with Crippen LogP contribution in [0.25, 0.3) is 0 Å². The van der Waals surface area contributed by atoms with Crippen LogP contribution in [0.2, 0.25) is 0 Å². The number of halogens is 2. The van der Waals surface area contributed by atoms with E-state index in [1.165, 1.54) is 11.6 Å². The number of hydrogen-bond acceptors (Lipinski definition) is 1. The van der Waals surface area contributed by atoms with Gasteiger partial charge in [-0.05, 0) is 48.5 Å². The second-order valence-electron chi connectivity index (χ2n) is 3.65. The zero-order chi connectivity index (χ0) is 11.4. The average molecular weight is 272 g/mol. The standard InChI is InChI=1S/C12H15BrFN/c1-8(2)7-11(15-3)9-5-4-6-10(14)12(9)13/h4-7,11,15H,1-3H3. The number of rotatable bonds is 3. The maximum atomic E-state index is 13.3.